The predicted molar refractivity (Wildman–Crippen MR) is 71.2 cm³/mol. The Morgan fingerprint density at radius 1 is 1.31 bits per heavy atom. The zero-order valence-electron chi connectivity index (χ0n) is 10.7. The van der Waals surface area contributed by atoms with E-state index < -0.39 is 0 Å². The molecule has 1 aromatic heterocycles. The molecule has 0 aromatic carbocycles. The van der Waals surface area contributed by atoms with E-state index in [9.17, 15) is 0 Å². The minimum absolute atomic E-state index is 0.405. The molecule has 0 aliphatic rings. The van der Waals surface area contributed by atoms with Crippen molar-refractivity contribution in [3.05, 3.63) is 21.9 Å². The minimum atomic E-state index is 0.405. The van der Waals surface area contributed by atoms with Gasteiger partial charge < -0.3 is 10.1 Å². The van der Waals surface area contributed by atoms with E-state index in [1.165, 1.54) is 9.75 Å². The molecule has 0 bridgehead atoms. The molecular formula is C13H23NOS. The molecule has 0 fully saturated rings. The van der Waals surface area contributed by atoms with Crippen LogP contribution in [0.25, 0.3) is 0 Å². The van der Waals surface area contributed by atoms with Crippen molar-refractivity contribution in [3.8, 4) is 0 Å². The summed E-state index contributed by atoms with van der Waals surface area (Å²) in [6, 6.07) is 5.28. The van der Waals surface area contributed by atoms with E-state index >= 15 is 0 Å². The molecule has 1 aromatic rings. The summed E-state index contributed by atoms with van der Waals surface area (Å²) in [5.41, 5.74) is 0. The SMILES string of the molecule is CCOCC(C)NC(C)c1ccc(CC)s1. The van der Waals surface area contributed by atoms with E-state index in [0.717, 1.165) is 19.6 Å². The van der Waals surface area contributed by atoms with Gasteiger partial charge in [0, 0.05) is 28.4 Å². The Kier molecular flexibility index (Phi) is 6.03. The van der Waals surface area contributed by atoms with Gasteiger partial charge in [-0.1, -0.05) is 6.92 Å². The van der Waals surface area contributed by atoms with E-state index in [2.05, 4.69) is 38.2 Å². The number of thiophene rings is 1. The fourth-order valence-electron chi connectivity index (χ4n) is 1.67. The third-order valence-corrected chi connectivity index (χ3v) is 3.98. The lowest BCUT2D eigenvalue weighted by Crippen LogP contribution is -2.32. The quantitative estimate of drug-likeness (QED) is 0.790. The third kappa shape index (κ3) is 4.24. The van der Waals surface area contributed by atoms with E-state index in [4.69, 9.17) is 4.74 Å². The highest BCUT2D eigenvalue weighted by atomic mass is 32.1. The van der Waals surface area contributed by atoms with Crippen LogP contribution in [0.2, 0.25) is 0 Å². The van der Waals surface area contributed by atoms with Crippen molar-refractivity contribution < 1.29 is 4.74 Å². The van der Waals surface area contributed by atoms with Crippen LogP contribution in [-0.2, 0) is 11.2 Å². The Morgan fingerprint density at radius 3 is 2.62 bits per heavy atom. The second-order valence-electron chi connectivity index (χ2n) is 4.11. The van der Waals surface area contributed by atoms with Gasteiger partial charge in [0.25, 0.3) is 0 Å². The van der Waals surface area contributed by atoms with Gasteiger partial charge >= 0.3 is 0 Å². The van der Waals surface area contributed by atoms with E-state index in [1.54, 1.807) is 0 Å². The highest BCUT2D eigenvalue weighted by Crippen LogP contribution is 2.23. The molecule has 3 heteroatoms. The molecule has 2 nitrogen and oxygen atoms in total. The predicted octanol–water partition coefficient (Wildman–Crippen LogP) is 3.39. The Balaban J connectivity index is 2.41. The molecule has 0 aliphatic heterocycles. The van der Waals surface area contributed by atoms with Crippen molar-refractivity contribution >= 4 is 11.3 Å². The average Bonchev–Trinajstić information content (AvgIpc) is 2.74. The van der Waals surface area contributed by atoms with Crippen LogP contribution in [0.4, 0.5) is 0 Å². The second kappa shape index (κ2) is 7.05. The van der Waals surface area contributed by atoms with E-state index in [1.807, 2.05) is 18.3 Å². The topological polar surface area (TPSA) is 21.3 Å². The Morgan fingerprint density at radius 2 is 2.06 bits per heavy atom. The Hall–Kier alpha value is -0.380. The molecule has 92 valence electrons. The van der Waals surface area contributed by atoms with Crippen molar-refractivity contribution in [3.63, 3.8) is 0 Å². The van der Waals surface area contributed by atoms with Crippen LogP contribution < -0.4 is 5.32 Å². The molecule has 0 saturated carbocycles. The van der Waals surface area contributed by atoms with Gasteiger partial charge in [-0.15, -0.1) is 11.3 Å². The van der Waals surface area contributed by atoms with Crippen molar-refractivity contribution in [1.82, 2.24) is 5.32 Å². The molecule has 1 N–H and O–H groups in total. The summed E-state index contributed by atoms with van der Waals surface area (Å²) >= 11 is 1.90. The molecule has 0 aliphatic carbocycles. The molecular weight excluding hydrogens is 218 g/mol. The molecule has 0 saturated heterocycles. The molecule has 16 heavy (non-hydrogen) atoms. The maximum Gasteiger partial charge on any atom is 0.0616 e. The van der Waals surface area contributed by atoms with Crippen LogP contribution in [0.1, 0.15) is 43.5 Å². The van der Waals surface area contributed by atoms with Crippen molar-refractivity contribution in [1.29, 1.82) is 0 Å². The molecule has 0 amide bonds. The van der Waals surface area contributed by atoms with Gasteiger partial charge in [0.1, 0.15) is 0 Å². The summed E-state index contributed by atoms with van der Waals surface area (Å²) in [4.78, 5) is 2.88. The highest BCUT2D eigenvalue weighted by molar-refractivity contribution is 7.12. The lowest BCUT2D eigenvalue weighted by molar-refractivity contribution is 0.124. The summed E-state index contributed by atoms with van der Waals surface area (Å²) in [6.45, 7) is 10.2. The van der Waals surface area contributed by atoms with Gasteiger partial charge in [-0.2, -0.15) is 0 Å². The lowest BCUT2D eigenvalue weighted by atomic mass is 10.2. The van der Waals surface area contributed by atoms with Gasteiger partial charge in [0.2, 0.25) is 0 Å². The molecule has 2 unspecified atom stereocenters. The summed E-state index contributed by atoms with van der Waals surface area (Å²) in [5.74, 6) is 0. The van der Waals surface area contributed by atoms with Crippen LogP contribution in [0.15, 0.2) is 12.1 Å². The highest BCUT2D eigenvalue weighted by Gasteiger charge is 2.11. The number of hydrogen-bond donors (Lipinski definition) is 1. The number of rotatable bonds is 7. The number of hydrogen-bond acceptors (Lipinski definition) is 3. The first kappa shape index (κ1) is 13.7. The van der Waals surface area contributed by atoms with Gasteiger partial charge in [-0.3, -0.25) is 0 Å². The van der Waals surface area contributed by atoms with Gasteiger partial charge in [-0.05, 0) is 39.3 Å². The molecule has 1 heterocycles. The van der Waals surface area contributed by atoms with Crippen LogP contribution in [0, 0.1) is 0 Å². The first-order valence-corrected chi connectivity index (χ1v) is 6.91. The lowest BCUT2D eigenvalue weighted by Gasteiger charge is -2.18. The zero-order chi connectivity index (χ0) is 12.0. The number of nitrogens with one attached hydrogen (secondary N) is 1. The number of aryl methyl sites for hydroxylation is 1. The molecule has 0 radical (unpaired) electrons. The second-order valence-corrected chi connectivity index (χ2v) is 5.31. The van der Waals surface area contributed by atoms with E-state index in [0.29, 0.717) is 12.1 Å². The van der Waals surface area contributed by atoms with Crippen LogP contribution in [-0.4, -0.2) is 19.3 Å². The largest absolute Gasteiger partial charge is 0.380 e. The number of ether oxygens (including phenoxy) is 1. The molecule has 0 spiro atoms. The van der Waals surface area contributed by atoms with Gasteiger partial charge in [-0.25, -0.2) is 0 Å². The van der Waals surface area contributed by atoms with Crippen molar-refractivity contribution in [2.45, 2.75) is 46.2 Å². The fraction of sp³-hybridized carbons (Fsp3) is 0.692. The first-order chi connectivity index (χ1) is 7.67. The van der Waals surface area contributed by atoms with Crippen LogP contribution >= 0.6 is 11.3 Å². The Bertz CT molecular complexity index is 298. The maximum absolute atomic E-state index is 5.40. The summed E-state index contributed by atoms with van der Waals surface area (Å²) in [6.07, 6.45) is 1.13. The summed E-state index contributed by atoms with van der Waals surface area (Å²) < 4.78 is 5.40. The van der Waals surface area contributed by atoms with E-state index in [-0.39, 0.29) is 0 Å². The fourth-order valence-corrected chi connectivity index (χ4v) is 2.63. The summed E-state index contributed by atoms with van der Waals surface area (Å²) in [7, 11) is 0. The van der Waals surface area contributed by atoms with Crippen molar-refractivity contribution in [2.75, 3.05) is 13.2 Å². The minimum Gasteiger partial charge on any atom is -0.380 e. The third-order valence-electron chi connectivity index (χ3n) is 2.56. The van der Waals surface area contributed by atoms with Crippen molar-refractivity contribution in [2.24, 2.45) is 0 Å². The Labute approximate surface area is 103 Å². The maximum atomic E-state index is 5.40. The molecule has 1 rings (SSSR count). The average molecular weight is 241 g/mol. The monoisotopic (exact) mass is 241 g/mol. The van der Waals surface area contributed by atoms with Gasteiger partial charge in [0.05, 0.1) is 6.61 Å². The normalized spacial score (nSPS) is 15.0. The standard InChI is InChI=1S/C13H23NOS/c1-5-12-7-8-13(16-12)11(4)14-10(3)9-15-6-2/h7-8,10-11,14H,5-6,9H2,1-4H3. The first-order valence-electron chi connectivity index (χ1n) is 6.09. The van der Waals surface area contributed by atoms with Gasteiger partial charge in [0.15, 0.2) is 0 Å². The zero-order valence-corrected chi connectivity index (χ0v) is 11.6. The van der Waals surface area contributed by atoms with Crippen LogP contribution in [0.5, 0.6) is 0 Å². The smallest absolute Gasteiger partial charge is 0.0616 e. The van der Waals surface area contributed by atoms with Crippen LogP contribution in [0.3, 0.4) is 0 Å². The summed E-state index contributed by atoms with van der Waals surface area (Å²) in [5, 5.41) is 3.55. The molecule has 2 atom stereocenters.